The van der Waals surface area contributed by atoms with Gasteiger partial charge in [-0.05, 0) is 42.3 Å². The summed E-state index contributed by atoms with van der Waals surface area (Å²) in [7, 11) is 0. The average Bonchev–Trinajstić information content (AvgIpc) is 2.64. The topological polar surface area (TPSA) is 53.3 Å². The molecule has 0 aromatic heterocycles. The Hall–Kier alpha value is -2.79. The Morgan fingerprint density at radius 3 is 2.55 bits per heavy atom. The first-order chi connectivity index (χ1) is 13.6. The van der Waals surface area contributed by atoms with Crippen molar-refractivity contribution in [2.24, 2.45) is 0 Å². The quantitative estimate of drug-likeness (QED) is 0.510. The van der Waals surface area contributed by atoms with Crippen LogP contribution >= 0.6 is 11.6 Å². The van der Waals surface area contributed by atoms with E-state index in [2.05, 4.69) is 4.74 Å². The molecule has 0 atom stereocenters. The van der Waals surface area contributed by atoms with Crippen LogP contribution < -0.4 is 9.64 Å². The van der Waals surface area contributed by atoms with Gasteiger partial charge < -0.3 is 9.64 Å². The first-order valence-corrected chi connectivity index (χ1v) is 9.06. The van der Waals surface area contributed by atoms with E-state index in [1.54, 1.807) is 0 Å². The van der Waals surface area contributed by atoms with Crippen LogP contribution in [-0.4, -0.2) is 12.3 Å². The van der Waals surface area contributed by atoms with Crippen molar-refractivity contribution in [1.82, 2.24) is 0 Å². The molecule has 0 fully saturated rings. The first kappa shape index (κ1) is 22.5. The summed E-state index contributed by atoms with van der Waals surface area (Å²) < 4.78 is 54.9. The van der Waals surface area contributed by atoms with Gasteiger partial charge in [0.25, 0.3) is 0 Å². The second-order valence-electron chi connectivity index (χ2n) is 6.21. The molecule has 0 spiro atoms. The zero-order chi connectivity index (χ0) is 21.6. The molecule has 2 aromatic carbocycles. The summed E-state index contributed by atoms with van der Waals surface area (Å²) in [4.78, 5) is 13.9. The van der Waals surface area contributed by atoms with Crippen molar-refractivity contribution in [2.75, 3.05) is 4.90 Å². The monoisotopic (exact) mass is 428 g/mol. The predicted octanol–water partition coefficient (Wildman–Crippen LogP) is 5.97. The highest BCUT2D eigenvalue weighted by Gasteiger charge is 2.32. The second-order valence-corrected chi connectivity index (χ2v) is 6.61. The summed E-state index contributed by atoms with van der Waals surface area (Å²) in [5.41, 5.74) is 0.631. The molecule has 0 heterocycles. The van der Waals surface area contributed by atoms with Crippen molar-refractivity contribution >= 4 is 23.2 Å². The summed E-state index contributed by atoms with van der Waals surface area (Å²) in [6, 6.07) is 8.98. The number of ether oxygens (including phenoxy) is 1. The molecule has 29 heavy (non-hydrogen) atoms. The Balaban J connectivity index is 2.36. The van der Waals surface area contributed by atoms with Gasteiger partial charge in [-0.3, -0.25) is 4.79 Å². The summed E-state index contributed by atoms with van der Waals surface area (Å²) in [6.45, 7) is 1.84. The lowest BCUT2D eigenvalue weighted by Gasteiger charge is -2.24. The lowest BCUT2D eigenvalue weighted by Crippen LogP contribution is -2.30. The lowest BCUT2D eigenvalue weighted by atomic mass is 10.1. The minimum atomic E-state index is -4.89. The molecular weight excluding hydrogens is 412 g/mol. The van der Waals surface area contributed by atoms with Gasteiger partial charge in [0, 0.05) is 12.1 Å². The lowest BCUT2D eigenvalue weighted by molar-refractivity contribution is -0.274. The molecule has 0 aliphatic carbocycles. The van der Waals surface area contributed by atoms with E-state index in [4.69, 9.17) is 16.9 Å². The maximum absolute atomic E-state index is 13.9. The van der Waals surface area contributed by atoms with Crippen LogP contribution in [0.15, 0.2) is 36.4 Å². The molecular formula is C20H17ClF4N2O2. The number of benzene rings is 2. The van der Waals surface area contributed by atoms with E-state index in [9.17, 15) is 22.4 Å². The van der Waals surface area contributed by atoms with Gasteiger partial charge in [0.2, 0.25) is 5.91 Å². The molecule has 0 N–H and O–H groups in total. The average molecular weight is 429 g/mol. The van der Waals surface area contributed by atoms with Crippen LogP contribution in [0.4, 0.5) is 23.2 Å². The van der Waals surface area contributed by atoms with Crippen molar-refractivity contribution < 1.29 is 27.1 Å². The highest BCUT2D eigenvalue weighted by molar-refractivity contribution is 6.32. The van der Waals surface area contributed by atoms with Crippen molar-refractivity contribution in [3.8, 4) is 11.8 Å². The van der Waals surface area contributed by atoms with Gasteiger partial charge >= 0.3 is 6.36 Å². The molecule has 9 heteroatoms. The molecule has 0 bridgehead atoms. The smallest absolute Gasteiger partial charge is 0.404 e. The molecule has 0 aliphatic heterocycles. The Morgan fingerprint density at radius 1 is 1.24 bits per heavy atom. The number of carbonyl (C=O) groups excluding carboxylic acids is 1. The summed E-state index contributed by atoms with van der Waals surface area (Å²) >= 11 is 5.87. The Bertz CT molecular complexity index is 926. The minimum absolute atomic E-state index is 0.0419. The van der Waals surface area contributed by atoms with Crippen molar-refractivity contribution in [3.63, 3.8) is 0 Å². The van der Waals surface area contributed by atoms with E-state index in [0.29, 0.717) is 12.0 Å². The van der Waals surface area contributed by atoms with E-state index in [-0.39, 0.29) is 35.1 Å². The number of rotatable bonds is 7. The first-order valence-electron chi connectivity index (χ1n) is 8.68. The molecule has 2 aromatic rings. The van der Waals surface area contributed by atoms with E-state index in [1.807, 2.05) is 13.0 Å². The number of unbranched alkanes of at least 4 members (excludes halogenated alkanes) is 1. The summed E-state index contributed by atoms with van der Waals surface area (Å²) in [5.74, 6) is -1.56. The van der Waals surface area contributed by atoms with Gasteiger partial charge in [-0.1, -0.05) is 31.0 Å². The fraction of sp³-hybridized carbons (Fsp3) is 0.300. The highest BCUT2D eigenvalue weighted by Crippen LogP contribution is 2.32. The molecule has 0 radical (unpaired) electrons. The Labute approximate surface area is 170 Å². The molecule has 0 saturated carbocycles. The standard InChI is InChI=1S/C20H17ClF4N2O2/c1-2-3-4-19(28)27(16-8-14(11-26)7-15(22)10-16)12-13-5-6-18(17(21)9-13)29-20(23,24)25/h5-10H,2-4,12H2,1H3. The van der Waals surface area contributed by atoms with Crippen LogP contribution in [0.25, 0.3) is 0 Å². The zero-order valence-corrected chi connectivity index (χ0v) is 16.1. The number of hydrogen-bond donors (Lipinski definition) is 0. The predicted molar refractivity (Wildman–Crippen MR) is 100.0 cm³/mol. The van der Waals surface area contributed by atoms with Gasteiger partial charge in [-0.2, -0.15) is 5.26 Å². The minimum Gasteiger partial charge on any atom is -0.404 e. The third-order valence-electron chi connectivity index (χ3n) is 3.93. The van der Waals surface area contributed by atoms with Crippen LogP contribution in [0.5, 0.6) is 5.75 Å². The number of alkyl halides is 3. The van der Waals surface area contributed by atoms with Gasteiger partial charge in [-0.25, -0.2) is 4.39 Å². The number of nitrogens with zero attached hydrogens (tertiary/aromatic N) is 2. The highest BCUT2D eigenvalue weighted by atomic mass is 35.5. The molecule has 0 unspecified atom stereocenters. The number of halogens is 5. The third-order valence-corrected chi connectivity index (χ3v) is 4.23. The SMILES string of the molecule is CCCCC(=O)N(Cc1ccc(OC(F)(F)F)c(Cl)c1)c1cc(F)cc(C#N)c1. The molecule has 0 aliphatic rings. The number of carbonyl (C=O) groups is 1. The van der Waals surface area contributed by atoms with Crippen LogP contribution in [0.2, 0.25) is 5.02 Å². The molecule has 4 nitrogen and oxygen atoms in total. The van der Waals surface area contributed by atoms with Crippen molar-refractivity contribution in [1.29, 1.82) is 5.26 Å². The van der Waals surface area contributed by atoms with Gasteiger partial charge in [0.15, 0.2) is 0 Å². The summed E-state index contributed by atoms with van der Waals surface area (Å²) in [6.07, 6.45) is -3.32. The van der Waals surface area contributed by atoms with Crippen LogP contribution in [0.3, 0.4) is 0 Å². The molecule has 1 amide bonds. The van der Waals surface area contributed by atoms with Gasteiger partial charge in [0.05, 0.1) is 23.2 Å². The Morgan fingerprint density at radius 2 is 1.97 bits per heavy atom. The van der Waals surface area contributed by atoms with E-state index < -0.39 is 17.9 Å². The summed E-state index contributed by atoms with van der Waals surface area (Å²) in [5, 5.41) is 8.77. The maximum Gasteiger partial charge on any atom is 0.573 e. The van der Waals surface area contributed by atoms with Crippen LogP contribution in [-0.2, 0) is 11.3 Å². The van der Waals surface area contributed by atoms with Gasteiger partial charge in [-0.15, -0.1) is 13.2 Å². The Kier molecular flexibility index (Phi) is 7.46. The fourth-order valence-electron chi connectivity index (χ4n) is 2.61. The largest absolute Gasteiger partial charge is 0.573 e. The van der Waals surface area contributed by atoms with Gasteiger partial charge in [0.1, 0.15) is 11.6 Å². The fourth-order valence-corrected chi connectivity index (χ4v) is 2.86. The van der Waals surface area contributed by atoms with E-state index in [0.717, 1.165) is 24.6 Å². The maximum atomic E-state index is 13.9. The zero-order valence-electron chi connectivity index (χ0n) is 15.4. The van der Waals surface area contributed by atoms with Crippen LogP contribution in [0, 0.1) is 17.1 Å². The molecule has 0 saturated heterocycles. The number of nitriles is 1. The molecule has 2 rings (SSSR count). The van der Waals surface area contributed by atoms with Crippen molar-refractivity contribution in [3.05, 3.63) is 58.4 Å². The van der Waals surface area contributed by atoms with E-state index in [1.165, 1.54) is 23.1 Å². The van der Waals surface area contributed by atoms with Crippen molar-refractivity contribution in [2.45, 2.75) is 39.1 Å². The van der Waals surface area contributed by atoms with E-state index >= 15 is 0 Å². The molecule has 154 valence electrons. The normalized spacial score (nSPS) is 11.1. The second kappa shape index (κ2) is 9.61. The van der Waals surface area contributed by atoms with Crippen LogP contribution in [0.1, 0.15) is 37.3 Å². The number of amides is 1. The third kappa shape index (κ3) is 6.64. The number of anilines is 1. The number of hydrogen-bond acceptors (Lipinski definition) is 3.